The van der Waals surface area contributed by atoms with Gasteiger partial charge in [0.25, 0.3) is 0 Å². The van der Waals surface area contributed by atoms with Gasteiger partial charge in [-0.25, -0.2) is 4.39 Å². The van der Waals surface area contributed by atoms with E-state index in [-0.39, 0.29) is 11.2 Å². The zero-order valence-corrected chi connectivity index (χ0v) is 8.89. The van der Waals surface area contributed by atoms with Crippen LogP contribution in [0, 0.1) is 11.2 Å². The monoisotopic (exact) mass is 196 g/mol. The fourth-order valence-corrected chi connectivity index (χ4v) is 1.08. The van der Waals surface area contributed by atoms with E-state index in [1.807, 2.05) is 0 Å². The van der Waals surface area contributed by atoms with Gasteiger partial charge in [-0.15, -0.1) is 0 Å². The quantitative estimate of drug-likeness (QED) is 0.714. The van der Waals surface area contributed by atoms with E-state index in [1.165, 1.54) is 6.07 Å². The van der Waals surface area contributed by atoms with Crippen LogP contribution in [0.2, 0.25) is 0 Å². The zero-order chi connectivity index (χ0) is 10.8. The number of nitrogens with one attached hydrogen (secondary N) is 1. The molecule has 0 radical (unpaired) electrons. The van der Waals surface area contributed by atoms with Crippen LogP contribution in [0.4, 0.5) is 15.8 Å². The van der Waals surface area contributed by atoms with Gasteiger partial charge in [0.05, 0.1) is 11.4 Å². The Bertz CT molecular complexity index is 295. The summed E-state index contributed by atoms with van der Waals surface area (Å²) < 4.78 is 13.3. The van der Waals surface area contributed by atoms with Gasteiger partial charge in [0.15, 0.2) is 0 Å². The predicted molar refractivity (Wildman–Crippen MR) is 58.8 cm³/mol. The lowest BCUT2D eigenvalue weighted by molar-refractivity contribution is 0.442. The van der Waals surface area contributed by atoms with Crippen molar-refractivity contribution in [3.05, 3.63) is 24.0 Å². The molecule has 0 aliphatic heterocycles. The minimum absolute atomic E-state index is 0.106. The topological polar surface area (TPSA) is 38.0 Å². The maximum Gasteiger partial charge on any atom is 0.148 e. The summed E-state index contributed by atoms with van der Waals surface area (Å²) in [5.74, 6) is -0.297. The Morgan fingerprint density at radius 2 is 2.00 bits per heavy atom. The SMILES string of the molecule is CC(C)(C)CNc1c(N)cccc1F. The molecule has 0 unspecified atom stereocenters. The molecule has 0 aromatic heterocycles. The van der Waals surface area contributed by atoms with Crippen molar-refractivity contribution >= 4 is 11.4 Å². The molecular formula is C11H17FN2. The lowest BCUT2D eigenvalue weighted by Gasteiger charge is -2.20. The van der Waals surface area contributed by atoms with Gasteiger partial charge in [0, 0.05) is 6.54 Å². The normalized spacial score (nSPS) is 11.4. The number of anilines is 2. The van der Waals surface area contributed by atoms with Gasteiger partial charge in [-0.1, -0.05) is 26.8 Å². The average Bonchev–Trinajstić information content (AvgIpc) is 2.01. The largest absolute Gasteiger partial charge is 0.397 e. The molecule has 0 aliphatic rings. The Kier molecular flexibility index (Phi) is 2.99. The molecule has 0 amide bonds. The van der Waals surface area contributed by atoms with Gasteiger partial charge in [-0.3, -0.25) is 0 Å². The second-order valence-corrected chi connectivity index (χ2v) is 4.62. The maximum absolute atomic E-state index is 13.3. The van der Waals surface area contributed by atoms with E-state index < -0.39 is 0 Å². The van der Waals surface area contributed by atoms with Crippen molar-refractivity contribution in [2.24, 2.45) is 5.41 Å². The zero-order valence-electron chi connectivity index (χ0n) is 8.89. The minimum Gasteiger partial charge on any atom is -0.397 e. The number of hydrogen-bond donors (Lipinski definition) is 2. The number of nitrogens with two attached hydrogens (primary N) is 1. The van der Waals surface area contributed by atoms with Crippen LogP contribution in [0.15, 0.2) is 18.2 Å². The maximum atomic E-state index is 13.3. The average molecular weight is 196 g/mol. The van der Waals surface area contributed by atoms with Gasteiger partial charge >= 0.3 is 0 Å². The highest BCUT2D eigenvalue weighted by Crippen LogP contribution is 2.23. The number of benzene rings is 1. The Morgan fingerprint density at radius 1 is 1.36 bits per heavy atom. The second-order valence-electron chi connectivity index (χ2n) is 4.62. The molecule has 2 nitrogen and oxygen atoms in total. The number of rotatable bonds is 2. The van der Waals surface area contributed by atoms with Crippen LogP contribution >= 0.6 is 0 Å². The summed E-state index contributed by atoms with van der Waals surface area (Å²) in [7, 11) is 0. The molecule has 0 aliphatic carbocycles. The first-order valence-corrected chi connectivity index (χ1v) is 4.68. The van der Waals surface area contributed by atoms with Crippen LogP contribution in [0.1, 0.15) is 20.8 Å². The van der Waals surface area contributed by atoms with E-state index in [0.29, 0.717) is 17.9 Å². The van der Waals surface area contributed by atoms with Crippen molar-refractivity contribution in [2.75, 3.05) is 17.6 Å². The summed E-state index contributed by atoms with van der Waals surface area (Å²) in [5.41, 5.74) is 6.61. The van der Waals surface area contributed by atoms with Crippen LogP contribution in [-0.2, 0) is 0 Å². The molecule has 3 heteroatoms. The summed E-state index contributed by atoms with van der Waals surface area (Å²) in [6.45, 7) is 6.93. The molecule has 78 valence electrons. The van der Waals surface area contributed by atoms with Crippen LogP contribution in [0.3, 0.4) is 0 Å². The third-order valence-corrected chi connectivity index (χ3v) is 1.84. The van der Waals surface area contributed by atoms with Gasteiger partial charge < -0.3 is 11.1 Å². The predicted octanol–water partition coefficient (Wildman–Crippen LogP) is 2.87. The van der Waals surface area contributed by atoms with Crippen molar-refractivity contribution in [1.82, 2.24) is 0 Å². The third kappa shape index (κ3) is 2.91. The summed E-state index contributed by atoms with van der Waals surface area (Å²) in [6.07, 6.45) is 0. The second kappa shape index (κ2) is 3.86. The first-order chi connectivity index (χ1) is 6.40. The highest BCUT2D eigenvalue weighted by molar-refractivity contribution is 5.66. The first kappa shape index (κ1) is 10.8. The first-order valence-electron chi connectivity index (χ1n) is 4.68. The Hall–Kier alpha value is -1.25. The molecule has 14 heavy (non-hydrogen) atoms. The Balaban J connectivity index is 2.77. The van der Waals surface area contributed by atoms with Gasteiger partial charge in [-0.2, -0.15) is 0 Å². The molecule has 1 aromatic carbocycles. The molecule has 0 heterocycles. The number of hydrogen-bond acceptors (Lipinski definition) is 2. The van der Waals surface area contributed by atoms with Crippen LogP contribution in [0.5, 0.6) is 0 Å². The molecule has 0 bridgehead atoms. The molecule has 0 spiro atoms. The van der Waals surface area contributed by atoms with E-state index in [2.05, 4.69) is 26.1 Å². The summed E-state index contributed by atoms with van der Waals surface area (Å²) >= 11 is 0. The Morgan fingerprint density at radius 3 is 2.50 bits per heavy atom. The molecule has 0 fully saturated rings. The fraction of sp³-hybridized carbons (Fsp3) is 0.455. The van der Waals surface area contributed by atoms with Gasteiger partial charge in [0.2, 0.25) is 0 Å². The summed E-state index contributed by atoms with van der Waals surface area (Å²) in [4.78, 5) is 0. The summed E-state index contributed by atoms with van der Waals surface area (Å²) in [6, 6.07) is 4.70. The van der Waals surface area contributed by atoms with Crippen molar-refractivity contribution < 1.29 is 4.39 Å². The molecule has 1 rings (SSSR count). The van der Waals surface area contributed by atoms with Crippen molar-refractivity contribution in [1.29, 1.82) is 0 Å². The van der Waals surface area contributed by atoms with Crippen molar-refractivity contribution in [3.8, 4) is 0 Å². The van der Waals surface area contributed by atoms with Crippen molar-refractivity contribution in [3.63, 3.8) is 0 Å². The molecule has 1 aromatic rings. The highest BCUT2D eigenvalue weighted by Gasteiger charge is 2.12. The van der Waals surface area contributed by atoms with Crippen molar-refractivity contribution in [2.45, 2.75) is 20.8 Å². The van der Waals surface area contributed by atoms with E-state index >= 15 is 0 Å². The molecule has 3 N–H and O–H groups in total. The molecule has 0 atom stereocenters. The molecule has 0 saturated heterocycles. The minimum atomic E-state index is -0.297. The molecular weight excluding hydrogens is 179 g/mol. The highest BCUT2D eigenvalue weighted by atomic mass is 19.1. The van der Waals surface area contributed by atoms with E-state index in [0.717, 1.165) is 0 Å². The molecule has 0 saturated carbocycles. The standard InChI is InChI=1S/C11H17FN2/c1-11(2,3)7-14-10-8(12)5-4-6-9(10)13/h4-6,14H,7,13H2,1-3H3. The number of para-hydroxylation sites is 1. The lowest BCUT2D eigenvalue weighted by Crippen LogP contribution is -2.20. The Labute approximate surface area is 84.3 Å². The van der Waals surface area contributed by atoms with Gasteiger partial charge in [-0.05, 0) is 17.5 Å². The smallest absolute Gasteiger partial charge is 0.148 e. The number of nitrogen functional groups attached to an aromatic ring is 1. The van der Waals surface area contributed by atoms with Crippen LogP contribution in [0.25, 0.3) is 0 Å². The third-order valence-electron chi connectivity index (χ3n) is 1.84. The van der Waals surface area contributed by atoms with E-state index in [4.69, 9.17) is 5.73 Å². The van der Waals surface area contributed by atoms with E-state index in [9.17, 15) is 4.39 Å². The van der Waals surface area contributed by atoms with Crippen LogP contribution in [-0.4, -0.2) is 6.54 Å². The lowest BCUT2D eigenvalue weighted by atomic mass is 9.97. The van der Waals surface area contributed by atoms with Crippen LogP contribution < -0.4 is 11.1 Å². The fourth-order valence-electron chi connectivity index (χ4n) is 1.08. The van der Waals surface area contributed by atoms with Gasteiger partial charge in [0.1, 0.15) is 5.82 Å². The number of halogens is 1. The van der Waals surface area contributed by atoms with E-state index in [1.54, 1.807) is 12.1 Å². The summed E-state index contributed by atoms with van der Waals surface area (Å²) in [5, 5.41) is 3.02.